The molecule has 0 amide bonds. The molecule has 1 aliphatic carbocycles. The third-order valence-electron chi connectivity index (χ3n) is 3.23. The minimum Gasteiger partial charge on any atom is -0.496 e. The number of nitrogens with zero attached hydrogens (tertiary/aromatic N) is 2. The number of anilines is 1. The highest BCUT2D eigenvalue weighted by Gasteiger charge is 2.21. The molecular formula is C15H17N3O. The molecule has 0 radical (unpaired) electrons. The first-order valence-corrected chi connectivity index (χ1v) is 6.50. The molecule has 1 N–H and O–H groups in total. The molecule has 1 aromatic carbocycles. The maximum atomic E-state index is 5.41. The molecule has 1 aliphatic rings. The number of benzene rings is 1. The van der Waals surface area contributed by atoms with Crippen LogP contribution in [0, 0.1) is 6.92 Å². The predicted octanol–water partition coefficient (Wildman–Crippen LogP) is 3.03. The second-order valence-corrected chi connectivity index (χ2v) is 4.91. The summed E-state index contributed by atoms with van der Waals surface area (Å²) in [5, 5.41) is 3.39. The summed E-state index contributed by atoms with van der Waals surface area (Å²) in [5.74, 6) is 1.72. The van der Waals surface area contributed by atoms with E-state index in [2.05, 4.69) is 28.3 Å². The van der Waals surface area contributed by atoms with Crippen molar-refractivity contribution in [1.29, 1.82) is 0 Å². The van der Waals surface area contributed by atoms with Gasteiger partial charge in [-0.15, -0.1) is 0 Å². The van der Waals surface area contributed by atoms with Crippen LogP contribution >= 0.6 is 0 Å². The summed E-state index contributed by atoms with van der Waals surface area (Å²) in [6.07, 6.45) is 4.06. The van der Waals surface area contributed by atoms with E-state index in [0.717, 1.165) is 22.8 Å². The molecule has 0 spiro atoms. The molecule has 98 valence electrons. The molecule has 0 aliphatic heterocycles. The average Bonchev–Trinajstić information content (AvgIpc) is 3.23. The molecule has 19 heavy (non-hydrogen) atoms. The van der Waals surface area contributed by atoms with Gasteiger partial charge in [0.2, 0.25) is 0 Å². The van der Waals surface area contributed by atoms with Gasteiger partial charge in [-0.3, -0.25) is 0 Å². The van der Waals surface area contributed by atoms with E-state index < -0.39 is 0 Å². The fraction of sp³-hybridized carbons (Fsp3) is 0.333. The Balaban J connectivity index is 1.98. The zero-order valence-electron chi connectivity index (χ0n) is 11.2. The SMILES string of the molecule is COc1ccc(C)cc1-c1cc(NC2CC2)ncn1. The van der Waals surface area contributed by atoms with E-state index in [1.165, 1.54) is 18.4 Å². The normalized spacial score (nSPS) is 14.2. The minimum atomic E-state index is 0.585. The highest BCUT2D eigenvalue weighted by atomic mass is 16.5. The Labute approximate surface area is 112 Å². The molecule has 4 heteroatoms. The molecule has 1 heterocycles. The topological polar surface area (TPSA) is 47.0 Å². The van der Waals surface area contributed by atoms with Gasteiger partial charge in [0.15, 0.2) is 0 Å². The lowest BCUT2D eigenvalue weighted by Gasteiger charge is -2.10. The van der Waals surface area contributed by atoms with Crippen molar-refractivity contribution >= 4 is 5.82 Å². The van der Waals surface area contributed by atoms with Gasteiger partial charge in [0.1, 0.15) is 17.9 Å². The van der Waals surface area contributed by atoms with E-state index in [1.54, 1.807) is 13.4 Å². The fourth-order valence-corrected chi connectivity index (χ4v) is 2.04. The summed E-state index contributed by atoms with van der Waals surface area (Å²) in [4.78, 5) is 8.62. The standard InChI is InChI=1S/C15H17N3O/c1-10-3-6-14(19-2)12(7-10)13-8-15(17-9-16-13)18-11-4-5-11/h3,6-9,11H,4-5H2,1-2H3,(H,16,17,18). The molecular weight excluding hydrogens is 238 g/mol. The summed E-state index contributed by atoms with van der Waals surface area (Å²) in [5.41, 5.74) is 3.08. The molecule has 2 aromatic rings. The summed E-state index contributed by atoms with van der Waals surface area (Å²) < 4.78 is 5.41. The predicted molar refractivity (Wildman–Crippen MR) is 75.4 cm³/mol. The van der Waals surface area contributed by atoms with Crippen LogP contribution in [0.15, 0.2) is 30.6 Å². The number of rotatable bonds is 4. The van der Waals surface area contributed by atoms with Crippen LogP contribution in [0.4, 0.5) is 5.82 Å². The van der Waals surface area contributed by atoms with Crippen LogP contribution in [0.5, 0.6) is 5.75 Å². The van der Waals surface area contributed by atoms with Crippen molar-refractivity contribution in [1.82, 2.24) is 9.97 Å². The quantitative estimate of drug-likeness (QED) is 0.912. The van der Waals surface area contributed by atoms with E-state index in [4.69, 9.17) is 4.74 Å². The molecule has 1 fully saturated rings. The van der Waals surface area contributed by atoms with Crippen molar-refractivity contribution < 1.29 is 4.74 Å². The van der Waals surface area contributed by atoms with Crippen LogP contribution in [-0.2, 0) is 0 Å². The van der Waals surface area contributed by atoms with E-state index in [1.807, 2.05) is 18.2 Å². The van der Waals surface area contributed by atoms with E-state index in [-0.39, 0.29) is 0 Å². The van der Waals surface area contributed by atoms with Gasteiger partial charge in [0.25, 0.3) is 0 Å². The van der Waals surface area contributed by atoms with Gasteiger partial charge in [-0.05, 0) is 31.9 Å². The van der Waals surface area contributed by atoms with Crippen LogP contribution in [0.1, 0.15) is 18.4 Å². The fourth-order valence-electron chi connectivity index (χ4n) is 2.04. The van der Waals surface area contributed by atoms with Gasteiger partial charge in [0.05, 0.1) is 12.8 Å². The lowest BCUT2D eigenvalue weighted by Crippen LogP contribution is -2.03. The summed E-state index contributed by atoms with van der Waals surface area (Å²) in [6, 6.07) is 8.66. The van der Waals surface area contributed by atoms with Crippen molar-refractivity contribution in [2.24, 2.45) is 0 Å². The van der Waals surface area contributed by atoms with Crippen molar-refractivity contribution in [3.8, 4) is 17.0 Å². The van der Waals surface area contributed by atoms with E-state index in [0.29, 0.717) is 6.04 Å². The van der Waals surface area contributed by atoms with E-state index >= 15 is 0 Å². The van der Waals surface area contributed by atoms with Gasteiger partial charge in [-0.1, -0.05) is 11.6 Å². The zero-order chi connectivity index (χ0) is 13.2. The highest BCUT2D eigenvalue weighted by molar-refractivity contribution is 5.69. The number of hydrogen-bond acceptors (Lipinski definition) is 4. The first-order chi connectivity index (χ1) is 9.26. The maximum absolute atomic E-state index is 5.41. The van der Waals surface area contributed by atoms with Crippen molar-refractivity contribution in [2.45, 2.75) is 25.8 Å². The Morgan fingerprint density at radius 3 is 2.79 bits per heavy atom. The Morgan fingerprint density at radius 1 is 1.21 bits per heavy atom. The summed E-state index contributed by atoms with van der Waals surface area (Å²) in [7, 11) is 1.68. The average molecular weight is 255 g/mol. The maximum Gasteiger partial charge on any atom is 0.130 e. The first-order valence-electron chi connectivity index (χ1n) is 6.50. The first kappa shape index (κ1) is 12.0. The molecule has 1 aromatic heterocycles. The number of hydrogen-bond donors (Lipinski definition) is 1. The van der Waals surface area contributed by atoms with Crippen LogP contribution in [0.2, 0.25) is 0 Å². The summed E-state index contributed by atoms with van der Waals surface area (Å²) >= 11 is 0. The molecule has 0 atom stereocenters. The minimum absolute atomic E-state index is 0.585. The molecule has 0 saturated heterocycles. The van der Waals surface area contributed by atoms with Gasteiger partial charge in [-0.25, -0.2) is 9.97 Å². The Hall–Kier alpha value is -2.10. The Bertz CT molecular complexity index is 594. The third-order valence-corrected chi connectivity index (χ3v) is 3.23. The van der Waals surface area contributed by atoms with Gasteiger partial charge >= 0.3 is 0 Å². The number of aryl methyl sites for hydroxylation is 1. The molecule has 0 bridgehead atoms. The lowest BCUT2D eigenvalue weighted by atomic mass is 10.1. The molecule has 3 rings (SSSR count). The summed E-state index contributed by atoms with van der Waals surface area (Å²) in [6.45, 7) is 2.06. The second-order valence-electron chi connectivity index (χ2n) is 4.91. The largest absolute Gasteiger partial charge is 0.496 e. The van der Waals surface area contributed by atoms with Crippen LogP contribution in [0.3, 0.4) is 0 Å². The Morgan fingerprint density at radius 2 is 2.05 bits per heavy atom. The smallest absolute Gasteiger partial charge is 0.130 e. The van der Waals surface area contributed by atoms with Crippen LogP contribution in [0.25, 0.3) is 11.3 Å². The van der Waals surface area contributed by atoms with Crippen molar-refractivity contribution in [3.63, 3.8) is 0 Å². The van der Waals surface area contributed by atoms with Crippen molar-refractivity contribution in [3.05, 3.63) is 36.2 Å². The molecule has 0 unspecified atom stereocenters. The van der Waals surface area contributed by atoms with Crippen LogP contribution < -0.4 is 10.1 Å². The zero-order valence-corrected chi connectivity index (χ0v) is 11.2. The van der Waals surface area contributed by atoms with Crippen molar-refractivity contribution in [2.75, 3.05) is 12.4 Å². The van der Waals surface area contributed by atoms with Gasteiger partial charge in [-0.2, -0.15) is 0 Å². The van der Waals surface area contributed by atoms with Gasteiger partial charge in [0, 0.05) is 17.7 Å². The molecule has 1 saturated carbocycles. The Kier molecular flexibility index (Phi) is 3.07. The third kappa shape index (κ3) is 2.67. The number of aromatic nitrogens is 2. The number of methoxy groups -OCH3 is 1. The van der Waals surface area contributed by atoms with Gasteiger partial charge < -0.3 is 10.1 Å². The number of ether oxygens (including phenoxy) is 1. The second kappa shape index (κ2) is 4.88. The number of nitrogens with one attached hydrogen (secondary N) is 1. The monoisotopic (exact) mass is 255 g/mol. The van der Waals surface area contributed by atoms with E-state index in [9.17, 15) is 0 Å². The lowest BCUT2D eigenvalue weighted by molar-refractivity contribution is 0.416. The molecule has 4 nitrogen and oxygen atoms in total. The van der Waals surface area contributed by atoms with Crippen LogP contribution in [-0.4, -0.2) is 23.1 Å². The highest BCUT2D eigenvalue weighted by Crippen LogP contribution is 2.31.